The number of unbranched alkanes of at least 4 members (excludes halogenated alkanes) is 1. The first-order valence-electron chi connectivity index (χ1n) is 10.5. The van der Waals surface area contributed by atoms with Crippen molar-refractivity contribution in [3.05, 3.63) is 29.0 Å². The van der Waals surface area contributed by atoms with Gasteiger partial charge in [0.1, 0.15) is 9.90 Å². The Morgan fingerprint density at radius 2 is 2.23 bits per heavy atom. The molecule has 0 saturated carbocycles. The van der Waals surface area contributed by atoms with Crippen LogP contribution in [-0.4, -0.2) is 62.2 Å². The number of hydrogen-bond acceptors (Lipinski definition) is 5. The number of carboxylic acid groups (broad SMARTS) is 1. The quantitative estimate of drug-likeness (QED) is 0.294. The SMILES string of the molecule is CC(C)(C)[S+]([O-])NC(CCCCO[C@@H]1CCN(C(=O)O)C1)CCc1cccnc1Cl. The molecular weight excluding hydrogens is 426 g/mol. The van der Waals surface area contributed by atoms with Crippen LogP contribution < -0.4 is 4.72 Å². The molecule has 170 valence electrons. The summed E-state index contributed by atoms with van der Waals surface area (Å²) in [4.78, 5) is 16.5. The Hall–Kier alpha value is -1.06. The van der Waals surface area contributed by atoms with Crippen LogP contribution in [0.3, 0.4) is 0 Å². The molecule has 1 amide bonds. The highest BCUT2D eigenvalue weighted by Crippen LogP contribution is 2.20. The summed E-state index contributed by atoms with van der Waals surface area (Å²) >= 11 is 5.04. The third kappa shape index (κ3) is 8.59. The number of aryl methyl sites for hydroxylation is 1. The molecule has 1 aliphatic heterocycles. The lowest BCUT2D eigenvalue weighted by atomic mass is 10.0. The van der Waals surface area contributed by atoms with E-state index in [-0.39, 0.29) is 16.9 Å². The monoisotopic (exact) mass is 459 g/mol. The summed E-state index contributed by atoms with van der Waals surface area (Å²) in [5, 5.41) is 9.53. The van der Waals surface area contributed by atoms with Gasteiger partial charge in [-0.3, -0.25) is 0 Å². The minimum Gasteiger partial charge on any atom is -0.598 e. The molecule has 9 heteroatoms. The standard InChI is InChI=1S/C21H34ClN3O4S/c1-21(2,3)30(28)24-17(10-9-16-7-6-12-23-19(16)22)8-4-5-14-29-18-11-13-25(15-18)20(26)27/h6-7,12,17-18,24H,4-5,8-11,13-15H2,1-3H3,(H,26,27)/t17?,18-,30?/m1/s1. The third-order valence-electron chi connectivity index (χ3n) is 5.14. The topological polar surface area (TPSA) is 97.8 Å². The van der Waals surface area contributed by atoms with Crippen LogP contribution >= 0.6 is 11.6 Å². The van der Waals surface area contributed by atoms with Gasteiger partial charge in [-0.2, -0.15) is 0 Å². The number of amides is 1. The Morgan fingerprint density at radius 3 is 2.87 bits per heavy atom. The molecule has 1 aliphatic rings. The number of pyridine rings is 1. The van der Waals surface area contributed by atoms with E-state index in [0.717, 1.165) is 44.1 Å². The van der Waals surface area contributed by atoms with E-state index in [0.29, 0.717) is 24.8 Å². The molecule has 1 aromatic rings. The smallest absolute Gasteiger partial charge is 0.407 e. The molecule has 7 nitrogen and oxygen atoms in total. The molecule has 2 N–H and O–H groups in total. The summed E-state index contributed by atoms with van der Waals surface area (Å²) in [5.41, 5.74) is 1.00. The lowest BCUT2D eigenvalue weighted by molar-refractivity contribution is 0.0558. The van der Waals surface area contributed by atoms with Crippen molar-refractivity contribution in [1.82, 2.24) is 14.6 Å². The van der Waals surface area contributed by atoms with E-state index in [1.807, 2.05) is 32.9 Å². The number of rotatable bonds is 11. The van der Waals surface area contributed by atoms with Crippen LogP contribution in [0.2, 0.25) is 5.15 Å². The normalized spacial score (nSPS) is 19.1. The number of carbonyl (C=O) groups is 1. The predicted octanol–water partition coefficient (Wildman–Crippen LogP) is 4.03. The first-order valence-corrected chi connectivity index (χ1v) is 12.1. The van der Waals surface area contributed by atoms with Gasteiger partial charge < -0.3 is 19.3 Å². The third-order valence-corrected chi connectivity index (χ3v) is 7.14. The number of nitrogens with zero attached hydrogens (tertiary/aromatic N) is 2. The van der Waals surface area contributed by atoms with E-state index in [2.05, 4.69) is 9.71 Å². The lowest BCUT2D eigenvalue weighted by Gasteiger charge is -2.28. The van der Waals surface area contributed by atoms with Gasteiger partial charge in [0.25, 0.3) is 0 Å². The first kappa shape index (κ1) is 25.2. The largest absolute Gasteiger partial charge is 0.598 e. The number of hydrogen-bond donors (Lipinski definition) is 2. The van der Waals surface area contributed by atoms with Crippen LogP contribution in [0.15, 0.2) is 18.3 Å². The van der Waals surface area contributed by atoms with Crippen molar-refractivity contribution in [2.75, 3.05) is 19.7 Å². The van der Waals surface area contributed by atoms with Crippen molar-refractivity contribution < 1.29 is 19.2 Å². The number of likely N-dealkylation sites (tertiary alicyclic amines) is 1. The Bertz CT molecular complexity index is 674. The molecular formula is C21H34ClN3O4S. The van der Waals surface area contributed by atoms with Gasteiger partial charge in [-0.15, -0.1) is 4.72 Å². The molecule has 2 heterocycles. The average molecular weight is 460 g/mol. The van der Waals surface area contributed by atoms with Gasteiger partial charge in [0, 0.05) is 30.7 Å². The van der Waals surface area contributed by atoms with Crippen molar-refractivity contribution in [1.29, 1.82) is 0 Å². The number of nitrogens with one attached hydrogen (secondary N) is 1. The predicted molar refractivity (Wildman–Crippen MR) is 120 cm³/mol. The molecule has 0 radical (unpaired) electrons. The van der Waals surface area contributed by atoms with E-state index in [1.165, 1.54) is 4.90 Å². The molecule has 1 fully saturated rings. The van der Waals surface area contributed by atoms with Gasteiger partial charge in [0.05, 0.1) is 18.7 Å². The summed E-state index contributed by atoms with van der Waals surface area (Å²) < 4.78 is 21.4. The van der Waals surface area contributed by atoms with Crippen molar-refractivity contribution in [2.45, 2.75) is 76.2 Å². The highest BCUT2D eigenvalue weighted by molar-refractivity contribution is 7.90. The molecule has 0 aromatic carbocycles. The first-order chi connectivity index (χ1) is 14.2. The Balaban J connectivity index is 1.76. The van der Waals surface area contributed by atoms with E-state index >= 15 is 0 Å². The molecule has 30 heavy (non-hydrogen) atoms. The Labute approximate surface area is 187 Å². The van der Waals surface area contributed by atoms with Gasteiger partial charge in [-0.1, -0.05) is 17.7 Å². The second-order valence-electron chi connectivity index (χ2n) is 8.69. The Morgan fingerprint density at radius 1 is 1.47 bits per heavy atom. The fraction of sp³-hybridized carbons (Fsp3) is 0.714. The number of halogens is 1. The fourth-order valence-corrected chi connectivity index (χ4v) is 4.41. The summed E-state index contributed by atoms with van der Waals surface area (Å²) in [6.45, 7) is 7.49. The van der Waals surface area contributed by atoms with Gasteiger partial charge >= 0.3 is 6.09 Å². The fourth-order valence-electron chi connectivity index (χ4n) is 3.31. The zero-order valence-corrected chi connectivity index (χ0v) is 19.7. The maximum absolute atomic E-state index is 12.6. The molecule has 0 spiro atoms. The van der Waals surface area contributed by atoms with Crippen LogP contribution in [0.4, 0.5) is 4.79 Å². The molecule has 1 saturated heterocycles. The second-order valence-corrected chi connectivity index (χ2v) is 11.0. The molecule has 3 atom stereocenters. The van der Waals surface area contributed by atoms with Crippen molar-refractivity contribution in [3.8, 4) is 0 Å². The zero-order chi connectivity index (χ0) is 22.1. The van der Waals surface area contributed by atoms with Gasteiger partial charge in [-0.25, -0.2) is 9.78 Å². The second kappa shape index (κ2) is 12.1. The van der Waals surface area contributed by atoms with Crippen molar-refractivity contribution in [3.63, 3.8) is 0 Å². The lowest BCUT2D eigenvalue weighted by Crippen LogP contribution is -2.44. The minimum absolute atomic E-state index is 0.00358. The highest BCUT2D eigenvalue weighted by Gasteiger charge is 2.29. The molecule has 2 unspecified atom stereocenters. The van der Waals surface area contributed by atoms with Crippen molar-refractivity contribution >= 4 is 29.1 Å². The van der Waals surface area contributed by atoms with Gasteiger partial charge in [0.15, 0.2) is 0 Å². The summed E-state index contributed by atoms with van der Waals surface area (Å²) in [6.07, 6.45) is 5.86. The maximum Gasteiger partial charge on any atom is 0.407 e. The Kier molecular flexibility index (Phi) is 10.2. The van der Waals surface area contributed by atoms with E-state index in [9.17, 15) is 9.35 Å². The van der Waals surface area contributed by atoms with Crippen LogP contribution in [0.5, 0.6) is 0 Å². The van der Waals surface area contributed by atoms with Gasteiger partial charge in [-0.05, 0) is 70.9 Å². The highest BCUT2D eigenvalue weighted by atomic mass is 35.5. The maximum atomic E-state index is 12.6. The van der Waals surface area contributed by atoms with E-state index < -0.39 is 17.5 Å². The number of ether oxygens (including phenoxy) is 1. The van der Waals surface area contributed by atoms with E-state index in [4.69, 9.17) is 21.4 Å². The van der Waals surface area contributed by atoms with Gasteiger partial charge in [0.2, 0.25) is 0 Å². The van der Waals surface area contributed by atoms with E-state index in [1.54, 1.807) is 6.20 Å². The summed E-state index contributed by atoms with van der Waals surface area (Å²) in [5.74, 6) is 0. The van der Waals surface area contributed by atoms with Crippen LogP contribution in [-0.2, 0) is 22.5 Å². The molecule has 0 bridgehead atoms. The van der Waals surface area contributed by atoms with Crippen LogP contribution in [0.25, 0.3) is 0 Å². The summed E-state index contributed by atoms with van der Waals surface area (Å²) in [6, 6.07) is 3.96. The zero-order valence-electron chi connectivity index (χ0n) is 18.1. The van der Waals surface area contributed by atoms with Crippen LogP contribution in [0.1, 0.15) is 58.4 Å². The number of aromatic nitrogens is 1. The molecule has 1 aromatic heterocycles. The van der Waals surface area contributed by atoms with Crippen LogP contribution in [0, 0.1) is 0 Å². The summed E-state index contributed by atoms with van der Waals surface area (Å²) in [7, 11) is 0. The average Bonchev–Trinajstić information content (AvgIpc) is 3.15. The van der Waals surface area contributed by atoms with Crippen molar-refractivity contribution in [2.24, 2.45) is 0 Å². The molecule has 0 aliphatic carbocycles. The minimum atomic E-state index is -1.14. The molecule has 2 rings (SSSR count).